The summed E-state index contributed by atoms with van der Waals surface area (Å²) in [5, 5.41) is 0. The topological polar surface area (TPSA) is 38.8 Å². The molecule has 1 unspecified atom stereocenters. The Balaban J connectivity index is 1.95. The third-order valence-electron chi connectivity index (χ3n) is 4.55. The van der Waals surface area contributed by atoms with Crippen LogP contribution in [0.3, 0.4) is 0 Å². The molecule has 2 aromatic carbocycles. The molecule has 120 valence electrons. The number of hydrogen-bond donors (Lipinski definition) is 0. The Kier molecular flexibility index (Phi) is 4.24. The first kappa shape index (κ1) is 15.4. The summed E-state index contributed by atoms with van der Waals surface area (Å²) < 4.78 is 10.8. The molecule has 0 saturated carbocycles. The van der Waals surface area contributed by atoms with Crippen LogP contribution in [0.15, 0.2) is 36.4 Å². The summed E-state index contributed by atoms with van der Waals surface area (Å²) in [6.07, 6.45) is 1.82. The number of anilines is 1. The van der Waals surface area contributed by atoms with Gasteiger partial charge in [-0.1, -0.05) is 0 Å². The van der Waals surface area contributed by atoms with Gasteiger partial charge < -0.3 is 14.4 Å². The van der Waals surface area contributed by atoms with Crippen LogP contribution in [0.1, 0.15) is 34.5 Å². The van der Waals surface area contributed by atoms with Gasteiger partial charge in [0.25, 0.3) is 0 Å². The number of aldehydes is 1. The Morgan fingerprint density at radius 1 is 1.09 bits per heavy atom. The van der Waals surface area contributed by atoms with Crippen molar-refractivity contribution in [3.63, 3.8) is 0 Å². The zero-order valence-electron chi connectivity index (χ0n) is 13.7. The number of methoxy groups -OCH3 is 2. The number of carbonyl (C=O) groups is 1. The molecule has 1 aliphatic heterocycles. The van der Waals surface area contributed by atoms with Gasteiger partial charge in [-0.15, -0.1) is 0 Å². The highest BCUT2D eigenvalue weighted by molar-refractivity contribution is 5.75. The van der Waals surface area contributed by atoms with Crippen molar-refractivity contribution in [3.8, 4) is 11.5 Å². The minimum absolute atomic E-state index is 0.237. The molecule has 0 saturated heterocycles. The summed E-state index contributed by atoms with van der Waals surface area (Å²) in [7, 11) is 3.32. The fourth-order valence-corrected chi connectivity index (χ4v) is 3.24. The van der Waals surface area contributed by atoms with Crippen molar-refractivity contribution < 1.29 is 14.3 Å². The third-order valence-corrected chi connectivity index (χ3v) is 4.55. The maximum atomic E-state index is 10.8. The molecule has 0 aliphatic carbocycles. The molecule has 0 amide bonds. The monoisotopic (exact) mass is 311 g/mol. The van der Waals surface area contributed by atoms with Gasteiger partial charge >= 0.3 is 0 Å². The van der Waals surface area contributed by atoms with E-state index in [2.05, 4.69) is 24.0 Å². The highest BCUT2D eigenvalue weighted by atomic mass is 16.5. The van der Waals surface area contributed by atoms with Crippen molar-refractivity contribution >= 4 is 12.0 Å². The Morgan fingerprint density at radius 2 is 1.74 bits per heavy atom. The molecule has 0 fully saturated rings. The fourth-order valence-electron chi connectivity index (χ4n) is 3.24. The van der Waals surface area contributed by atoms with E-state index in [-0.39, 0.29) is 6.04 Å². The van der Waals surface area contributed by atoms with Crippen molar-refractivity contribution in [2.75, 3.05) is 25.7 Å². The van der Waals surface area contributed by atoms with Crippen LogP contribution in [0.25, 0.3) is 0 Å². The van der Waals surface area contributed by atoms with Crippen molar-refractivity contribution in [1.29, 1.82) is 0 Å². The smallest absolute Gasteiger partial charge is 0.161 e. The Bertz CT molecular complexity index is 709. The van der Waals surface area contributed by atoms with E-state index in [0.29, 0.717) is 5.56 Å². The summed E-state index contributed by atoms with van der Waals surface area (Å²) >= 11 is 0. The number of rotatable bonds is 4. The zero-order valence-corrected chi connectivity index (χ0v) is 13.7. The van der Waals surface area contributed by atoms with E-state index in [1.807, 2.05) is 24.3 Å². The molecule has 3 rings (SSSR count). The predicted molar refractivity (Wildman–Crippen MR) is 90.8 cm³/mol. The maximum Gasteiger partial charge on any atom is 0.161 e. The lowest BCUT2D eigenvalue weighted by Gasteiger charge is -2.37. The predicted octanol–water partition coefficient (Wildman–Crippen LogP) is 3.64. The van der Waals surface area contributed by atoms with Crippen molar-refractivity contribution in [2.45, 2.75) is 19.4 Å². The lowest BCUT2D eigenvalue weighted by Crippen LogP contribution is -2.34. The Morgan fingerprint density at radius 3 is 2.35 bits per heavy atom. The first-order chi connectivity index (χ1) is 11.2. The highest BCUT2D eigenvalue weighted by Gasteiger charge is 2.26. The molecule has 4 nitrogen and oxygen atoms in total. The van der Waals surface area contributed by atoms with E-state index in [9.17, 15) is 4.79 Å². The van der Waals surface area contributed by atoms with E-state index < -0.39 is 0 Å². The molecular weight excluding hydrogens is 290 g/mol. The SMILES string of the molecule is COc1cc2c(cc1OC)C(C)N(c1ccc(C=O)cc1)CC2. The Labute approximate surface area is 136 Å². The Hall–Kier alpha value is -2.49. The second-order valence-electron chi connectivity index (χ2n) is 5.73. The van der Waals surface area contributed by atoms with E-state index in [4.69, 9.17) is 9.47 Å². The largest absolute Gasteiger partial charge is 0.493 e. The number of benzene rings is 2. The minimum atomic E-state index is 0.237. The first-order valence-corrected chi connectivity index (χ1v) is 7.74. The van der Waals surface area contributed by atoms with Crippen LogP contribution in [0.5, 0.6) is 11.5 Å². The van der Waals surface area contributed by atoms with Crippen LogP contribution in [0.2, 0.25) is 0 Å². The fraction of sp³-hybridized carbons (Fsp3) is 0.316. The molecule has 0 radical (unpaired) electrons. The van der Waals surface area contributed by atoms with Gasteiger partial charge in [-0.05, 0) is 60.9 Å². The van der Waals surface area contributed by atoms with E-state index >= 15 is 0 Å². The molecule has 0 aromatic heterocycles. The lowest BCUT2D eigenvalue weighted by molar-refractivity contribution is 0.112. The summed E-state index contributed by atoms with van der Waals surface area (Å²) in [6, 6.07) is 12.1. The highest BCUT2D eigenvalue weighted by Crippen LogP contribution is 2.39. The van der Waals surface area contributed by atoms with Gasteiger partial charge in [0.2, 0.25) is 0 Å². The number of ether oxygens (including phenoxy) is 2. The first-order valence-electron chi connectivity index (χ1n) is 7.74. The van der Waals surface area contributed by atoms with E-state index in [1.54, 1.807) is 14.2 Å². The second kappa shape index (κ2) is 6.32. The summed E-state index contributed by atoms with van der Waals surface area (Å²) in [6.45, 7) is 3.13. The summed E-state index contributed by atoms with van der Waals surface area (Å²) in [5.74, 6) is 1.54. The van der Waals surface area contributed by atoms with Gasteiger partial charge in [-0.2, -0.15) is 0 Å². The van der Waals surface area contributed by atoms with Gasteiger partial charge in [0, 0.05) is 17.8 Å². The van der Waals surface area contributed by atoms with E-state index in [1.165, 1.54) is 11.1 Å². The molecule has 1 atom stereocenters. The van der Waals surface area contributed by atoms with Crippen molar-refractivity contribution in [1.82, 2.24) is 0 Å². The quantitative estimate of drug-likeness (QED) is 0.808. The molecule has 0 spiro atoms. The van der Waals surface area contributed by atoms with Gasteiger partial charge in [0.05, 0.1) is 20.3 Å². The van der Waals surface area contributed by atoms with Gasteiger partial charge in [0.1, 0.15) is 6.29 Å². The number of hydrogen-bond acceptors (Lipinski definition) is 4. The van der Waals surface area contributed by atoms with Gasteiger partial charge in [-0.25, -0.2) is 0 Å². The normalized spacial score (nSPS) is 16.7. The van der Waals surface area contributed by atoms with E-state index in [0.717, 1.165) is 36.4 Å². The maximum absolute atomic E-state index is 10.8. The second-order valence-corrected chi connectivity index (χ2v) is 5.73. The molecule has 0 N–H and O–H groups in total. The van der Waals surface area contributed by atoms with Crippen LogP contribution in [0, 0.1) is 0 Å². The summed E-state index contributed by atoms with van der Waals surface area (Å²) in [4.78, 5) is 13.2. The molecule has 4 heteroatoms. The van der Waals surface area contributed by atoms with Crippen LogP contribution in [-0.4, -0.2) is 27.1 Å². The average Bonchev–Trinajstić information content (AvgIpc) is 2.61. The molecule has 2 aromatic rings. The number of fused-ring (bicyclic) bond motifs is 1. The van der Waals surface area contributed by atoms with Gasteiger partial charge in [0.15, 0.2) is 11.5 Å². The van der Waals surface area contributed by atoms with Gasteiger partial charge in [-0.3, -0.25) is 4.79 Å². The van der Waals surface area contributed by atoms with Crippen LogP contribution in [0.4, 0.5) is 5.69 Å². The summed E-state index contributed by atoms with van der Waals surface area (Å²) in [5.41, 5.74) is 4.39. The number of nitrogens with zero attached hydrogens (tertiary/aromatic N) is 1. The average molecular weight is 311 g/mol. The minimum Gasteiger partial charge on any atom is -0.493 e. The molecule has 1 heterocycles. The standard InChI is InChI=1S/C19H21NO3/c1-13-17-11-19(23-3)18(22-2)10-15(17)8-9-20(13)16-6-4-14(12-21)5-7-16/h4-7,10-13H,8-9H2,1-3H3. The van der Waals surface area contributed by atoms with Crippen molar-refractivity contribution in [3.05, 3.63) is 53.1 Å². The van der Waals surface area contributed by atoms with Crippen LogP contribution < -0.4 is 14.4 Å². The zero-order chi connectivity index (χ0) is 16.4. The molecule has 1 aliphatic rings. The molecule has 23 heavy (non-hydrogen) atoms. The third kappa shape index (κ3) is 2.77. The van der Waals surface area contributed by atoms with Crippen LogP contribution in [-0.2, 0) is 6.42 Å². The lowest BCUT2D eigenvalue weighted by atomic mass is 9.92. The van der Waals surface area contributed by atoms with Crippen LogP contribution >= 0.6 is 0 Å². The van der Waals surface area contributed by atoms with Crippen molar-refractivity contribution in [2.24, 2.45) is 0 Å². The molecular formula is C19H21NO3. The number of carbonyl (C=O) groups excluding carboxylic acids is 1. The molecule has 0 bridgehead atoms.